The summed E-state index contributed by atoms with van der Waals surface area (Å²) >= 11 is 0. The molecule has 0 saturated carbocycles. The van der Waals surface area contributed by atoms with Gasteiger partial charge in [0.1, 0.15) is 31.0 Å². The molecule has 0 radical (unpaired) electrons. The molecule has 0 spiro atoms. The van der Waals surface area contributed by atoms with E-state index >= 15 is 0 Å². The molecule has 4 rings (SSSR count). The van der Waals surface area contributed by atoms with Crippen LogP contribution in [0, 0.1) is 6.92 Å². The lowest BCUT2D eigenvalue weighted by Crippen LogP contribution is -2.66. The maximum Gasteiger partial charge on any atom is 0.351 e. The molecule has 0 unspecified atom stereocenters. The van der Waals surface area contributed by atoms with Crippen LogP contribution in [0.5, 0.6) is 0 Å². The highest BCUT2D eigenvalue weighted by Gasteiger charge is 2.62. The van der Waals surface area contributed by atoms with Crippen LogP contribution in [-0.4, -0.2) is 98.5 Å². The van der Waals surface area contributed by atoms with Crippen molar-refractivity contribution in [3.63, 3.8) is 0 Å². The minimum atomic E-state index is -2.93. The average molecular weight is 623 g/mol. The Bertz CT molecular complexity index is 1220. The second-order valence-corrected chi connectivity index (χ2v) is 21.9. The SMILES string of the molecule is Cc1cn([C@@H]2O[C@@H]3CO[Si](C(C)C)(C(C)C)O[Si](C(C)C)(C(C)C)O[C@H]3[C@H]2OCCN(C)C)c(=O)nc1-n1cncn1. The van der Waals surface area contributed by atoms with Gasteiger partial charge in [0.25, 0.3) is 0 Å². The van der Waals surface area contributed by atoms with Crippen LogP contribution in [0.1, 0.15) is 67.2 Å². The summed E-state index contributed by atoms with van der Waals surface area (Å²) in [6, 6.07) is 0. The molecule has 0 amide bonds. The molecular weight excluding hydrogens is 573 g/mol. The second-order valence-electron chi connectivity index (χ2n) is 13.0. The highest BCUT2D eigenvalue weighted by molar-refractivity contribution is 6.84. The van der Waals surface area contributed by atoms with Gasteiger partial charge in [-0.1, -0.05) is 55.4 Å². The molecule has 236 valence electrons. The number of hydrogen-bond donors (Lipinski definition) is 0. The average Bonchev–Trinajstić information content (AvgIpc) is 3.53. The van der Waals surface area contributed by atoms with Crippen molar-refractivity contribution in [1.29, 1.82) is 0 Å². The summed E-state index contributed by atoms with van der Waals surface area (Å²) in [5.41, 5.74) is 1.02. The smallest absolute Gasteiger partial charge is 0.351 e. The molecule has 0 bridgehead atoms. The van der Waals surface area contributed by atoms with E-state index in [2.05, 4.69) is 75.4 Å². The first-order valence-electron chi connectivity index (χ1n) is 15.1. The first-order valence-corrected chi connectivity index (χ1v) is 19.1. The Balaban J connectivity index is 1.81. The first-order chi connectivity index (χ1) is 19.7. The lowest BCUT2D eigenvalue weighted by atomic mass is 10.1. The molecule has 12 nitrogen and oxygen atoms in total. The monoisotopic (exact) mass is 622 g/mol. The van der Waals surface area contributed by atoms with E-state index in [1.807, 2.05) is 21.0 Å². The van der Waals surface area contributed by atoms with Crippen LogP contribution < -0.4 is 5.69 Å². The summed E-state index contributed by atoms with van der Waals surface area (Å²) in [4.78, 5) is 23.9. The van der Waals surface area contributed by atoms with Gasteiger partial charge in [-0.2, -0.15) is 10.1 Å². The van der Waals surface area contributed by atoms with E-state index in [0.29, 0.717) is 25.6 Å². The predicted octanol–water partition coefficient (Wildman–Crippen LogP) is 3.93. The van der Waals surface area contributed by atoms with Crippen molar-refractivity contribution in [2.24, 2.45) is 0 Å². The van der Waals surface area contributed by atoms with Gasteiger partial charge in [-0.05, 0) is 43.2 Å². The van der Waals surface area contributed by atoms with Crippen LogP contribution in [0.3, 0.4) is 0 Å². The number of nitrogens with zero attached hydrogens (tertiary/aromatic N) is 6. The van der Waals surface area contributed by atoms with Crippen molar-refractivity contribution in [3.8, 4) is 5.82 Å². The molecule has 2 fully saturated rings. The summed E-state index contributed by atoms with van der Waals surface area (Å²) in [6.45, 7) is 20.9. The Hall–Kier alpha value is -1.79. The third-order valence-corrected chi connectivity index (χ3v) is 18.7. The molecule has 4 atom stereocenters. The quantitative estimate of drug-likeness (QED) is 0.361. The topological polar surface area (TPSA) is 115 Å². The van der Waals surface area contributed by atoms with Crippen molar-refractivity contribution < 1.29 is 22.4 Å². The third kappa shape index (κ3) is 6.22. The van der Waals surface area contributed by atoms with E-state index in [0.717, 1.165) is 5.56 Å². The van der Waals surface area contributed by atoms with Crippen molar-refractivity contribution in [3.05, 3.63) is 34.9 Å². The molecule has 2 aliphatic heterocycles. The summed E-state index contributed by atoms with van der Waals surface area (Å²) in [7, 11) is -1.67. The van der Waals surface area contributed by atoms with Gasteiger partial charge in [0, 0.05) is 18.3 Å². The van der Waals surface area contributed by atoms with Gasteiger partial charge in [-0.15, -0.1) is 0 Å². The van der Waals surface area contributed by atoms with E-state index in [-0.39, 0.29) is 22.2 Å². The minimum absolute atomic E-state index is 0.152. The van der Waals surface area contributed by atoms with E-state index in [1.165, 1.54) is 21.9 Å². The summed E-state index contributed by atoms with van der Waals surface area (Å²) in [5.74, 6) is 0.423. The number of ether oxygens (including phenoxy) is 2. The van der Waals surface area contributed by atoms with Crippen LogP contribution in [-0.2, 0) is 22.4 Å². The van der Waals surface area contributed by atoms with Crippen molar-refractivity contribution in [2.45, 2.75) is 109 Å². The zero-order valence-electron chi connectivity index (χ0n) is 27.1. The number of rotatable bonds is 10. The molecule has 42 heavy (non-hydrogen) atoms. The maximum atomic E-state index is 13.5. The van der Waals surface area contributed by atoms with Crippen molar-refractivity contribution in [1.82, 2.24) is 29.2 Å². The second kappa shape index (κ2) is 13.1. The van der Waals surface area contributed by atoms with E-state index < -0.39 is 47.4 Å². The van der Waals surface area contributed by atoms with Gasteiger partial charge < -0.3 is 27.3 Å². The molecule has 0 aliphatic carbocycles. The Labute approximate surface area is 252 Å². The largest absolute Gasteiger partial charge is 0.414 e. The minimum Gasteiger partial charge on any atom is -0.414 e. The zero-order valence-corrected chi connectivity index (χ0v) is 29.1. The Kier molecular flexibility index (Phi) is 10.3. The summed E-state index contributed by atoms with van der Waals surface area (Å²) < 4.78 is 37.9. The number of likely N-dealkylation sites (N-methyl/N-ethyl adjacent to an activating group) is 1. The molecule has 4 heterocycles. The van der Waals surface area contributed by atoms with Crippen LogP contribution in [0.15, 0.2) is 23.6 Å². The van der Waals surface area contributed by atoms with Gasteiger partial charge >= 0.3 is 22.8 Å². The molecule has 0 N–H and O–H groups in total. The fourth-order valence-corrected chi connectivity index (χ4v) is 17.4. The fraction of sp³-hybridized carbons (Fsp3) is 0.786. The van der Waals surface area contributed by atoms with Crippen molar-refractivity contribution >= 4 is 17.1 Å². The van der Waals surface area contributed by atoms with E-state index in [4.69, 9.17) is 22.4 Å². The van der Waals surface area contributed by atoms with Gasteiger partial charge in [-0.3, -0.25) is 4.57 Å². The summed E-state index contributed by atoms with van der Waals surface area (Å²) in [6.07, 6.45) is 2.43. The van der Waals surface area contributed by atoms with E-state index in [1.54, 1.807) is 6.20 Å². The molecular formula is C28H50N6O6Si2. The Morgan fingerprint density at radius 1 is 1.05 bits per heavy atom. The van der Waals surface area contributed by atoms with Crippen LogP contribution in [0.4, 0.5) is 0 Å². The van der Waals surface area contributed by atoms with Crippen molar-refractivity contribution in [2.75, 3.05) is 33.9 Å². The van der Waals surface area contributed by atoms with E-state index in [9.17, 15) is 4.79 Å². The van der Waals surface area contributed by atoms with Gasteiger partial charge in [0.2, 0.25) is 0 Å². The highest BCUT2D eigenvalue weighted by Crippen LogP contribution is 2.48. The lowest BCUT2D eigenvalue weighted by molar-refractivity contribution is -0.0747. The normalized spacial score (nSPS) is 25.9. The lowest BCUT2D eigenvalue weighted by Gasteiger charge is -2.51. The van der Waals surface area contributed by atoms with Crippen LogP contribution in [0.2, 0.25) is 22.2 Å². The number of fused-ring (bicyclic) bond motifs is 1. The fourth-order valence-electron chi connectivity index (χ4n) is 6.19. The molecule has 14 heteroatoms. The predicted molar refractivity (Wildman–Crippen MR) is 164 cm³/mol. The maximum absolute atomic E-state index is 13.5. The Morgan fingerprint density at radius 2 is 1.69 bits per heavy atom. The molecule has 2 aliphatic rings. The number of hydrogen-bond acceptors (Lipinski definition) is 10. The molecule has 2 aromatic heterocycles. The highest BCUT2D eigenvalue weighted by atomic mass is 28.5. The molecule has 0 aromatic carbocycles. The van der Waals surface area contributed by atoms with Gasteiger partial charge in [0.15, 0.2) is 12.0 Å². The first kappa shape index (κ1) is 33.1. The summed E-state index contributed by atoms with van der Waals surface area (Å²) in [5, 5.41) is 4.15. The third-order valence-electron chi connectivity index (χ3n) is 8.48. The standard InChI is InChI=1S/C28H50N6O6Si2/c1-18(2)41(19(3)4)37-15-23-24(39-42(40-41,20(5)6)21(7)8)25(36-13-12-32(10)11)27(38-23)33-14-22(9)26(31-28(33)35)34-17-29-16-30-34/h14,16-21,23-25,27H,12-13,15H2,1-11H3/t23-,24-,25-,27-/m1/s1. The van der Waals surface area contributed by atoms with Crippen LogP contribution >= 0.6 is 0 Å². The molecule has 2 aromatic rings. The zero-order chi connectivity index (χ0) is 31.0. The van der Waals surface area contributed by atoms with Gasteiger partial charge in [-0.25, -0.2) is 14.5 Å². The van der Waals surface area contributed by atoms with Crippen LogP contribution in [0.25, 0.3) is 5.82 Å². The number of aryl methyl sites for hydroxylation is 1. The molecule has 2 saturated heterocycles. The van der Waals surface area contributed by atoms with Gasteiger partial charge in [0.05, 0.1) is 13.2 Å². The number of aromatic nitrogens is 5. The Morgan fingerprint density at radius 3 is 2.24 bits per heavy atom.